The van der Waals surface area contributed by atoms with E-state index in [1.54, 1.807) is 0 Å². The number of hydrogen-bond acceptors (Lipinski definition) is 6. The predicted octanol–water partition coefficient (Wildman–Crippen LogP) is 2.70. The standard InChI is InChI=1S/C20H40O6/c1-2-17(16-22)26-20(25)14-10-5-3-4-8-12-18(23)19(24)13-9-6-7-11-15-21/h17-19,21-24H,2-16H2,1H3. The summed E-state index contributed by atoms with van der Waals surface area (Å²) in [6, 6.07) is 0. The van der Waals surface area contributed by atoms with E-state index in [9.17, 15) is 15.0 Å². The molecular weight excluding hydrogens is 336 g/mol. The number of carbonyl (C=O) groups excluding carboxylic acids is 1. The van der Waals surface area contributed by atoms with Crippen LogP contribution in [0.15, 0.2) is 0 Å². The molecule has 0 saturated heterocycles. The van der Waals surface area contributed by atoms with Crippen LogP contribution in [0.2, 0.25) is 0 Å². The van der Waals surface area contributed by atoms with Gasteiger partial charge < -0.3 is 25.2 Å². The Hall–Kier alpha value is -0.690. The predicted molar refractivity (Wildman–Crippen MR) is 102 cm³/mol. The summed E-state index contributed by atoms with van der Waals surface area (Å²) in [6.45, 7) is 1.96. The van der Waals surface area contributed by atoms with E-state index in [1.165, 1.54) is 0 Å². The fraction of sp³-hybridized carbons (Fsp3) is 0.950. The van der Waals surface area contributed by atoms with Crippen molar-refractivity contribution in [2.45, 2.75) is 109 Å². The Morgan fingerprint density at radius 3 is 1.81 bits per heavy atom. The van der Waals surface area contributed by atoms with Gasteiger partial charge >= 0.3 is 5.97 Å². The van der Waals surface area contributed by atoms with Crippen molar-refractivity contribution in [3.63, 3.8) is 0 Å². The molecule has 0 rings (SSSR count). The van der Waals surface area contributed by atoms with Crippen molar-refractivity contribution in [3.05, 3.63) is 0 Å². The molecule has 0 aromatic heterocycles. The lowest BCUT2D eigenvalue weighted by molar-refractivity contribution is -0.151. The van der Waals surface area contributed by atoms with Gasteiger partial charge in [-0.1, -0.05) is 51.9 Å². The minimum absolute atomic E-state index is 0.126. The molecule has 0 aliphatic rings. The molecule has 26 heavy (non-hydrogen) atoms. The average Bonchev–Trinajstić information content (AvgIpc) is 2.64. The first-order chi connectivity index (χ1) is 12.5. The van der Waals surface area contributed by atoms with Crippen molar-refractivity contribution in [1.82, 2.24) is 0 Å². The van der Waals surface area contributed by atoms with Gasteiger partial charge in [-0.15, -0.1) is 0 Å². The number of aliphatic hydroxyl groups is 4. The van der Waals surface area contributed by atoms with Crippen molar-refractivity contribution in [2.75, 3.05) is 13.2 Å². The molecule has 3 unspecified atom stereocenters. The first-order valence-electron chi connectivity index (χ1n) is 10.3. The van der Waals surface area contributed by atoms with Crippen LogP contribution < -0.4 is 0 Å². The number of hydrogen-bond donors (Lipinski definition) is 4. The second kappa shape index (κ2) is 17.7. The molecule has 4 N–H and O–H groups in total. The molecule has 0 amide bonds. The number of rotatable bonds is 18. The molecule has 0 aliphatic carbocycles. The van der Waals surface area contributed by atoms with Crippen LogP contribution in [0.3, 0.4) is 0 Å². The summed E-state index contributed by atoms with van der Waals surface area (Å²) in [6.07, 6.45) is 8.70. The monoisotopic (exact) mass is 376 g/mol. The largest absolute Gasteiger partial charge is 0.460 e. The molecule has 156 valence electrons. The van der Waals surface area contributed by atoms with Crippen LogP contribution in [0, 0.1) is 0 Å². The third kappa shape index (κ3) is 14.5. The Labute approximate surface area is 158 Å². The van der Waals surface area contributed by atoms with Crippen LogP contribution in [0.25, 0.3) is 0 Å². The third-order valence-corrected chi connectivity index (χ3v) is 4.69. The highest BCUT2D eigenvalue weighted by atomic mass is 16.5. The lowest BCUT2D eigenvalue weighted by Gasteiger charge is -2.17. The van der Waals surface area contributed by atoms with Crippen molar-refractivity contribution in [1.29, 1.82) is 0 Å². The molecule has 6 nitrogen and oxygen atoms in total. The fourth-order valence-corrected chi connectivity index (χ4v) is 2.85. The van der Waals surface area contributed by atoms with Crippen LogP contribution in [-0.2, 0) is 9.53 Å². The van der Waals surface area contributed by atoms with Gasteiger partial charge in [0, 0.05) is 13.0 Å². The normalized spacial score (nSPS) is 14.8. The van der Waals surface area contributed by atoms with Gasteiger partial charge in [0.15, 0.2) is 0 Å². The minimum Gasteiger partial charge on any atom is -0.460 e. The van der Waals surface area contributed by atoms with Gasteiger partial charge in [0.05, 0.1) is 18.8 Å². The maximum atomic E-state index is 11.6. The van der Waals surface area contributed by atoms with Gasteiger partial charge in [-0.3, -0.25) is 4.79 Å². The maximum Gasteiger partial charge on any atom is 0.306 e. The van der Waals surface area contributed by atoms with Crippen LogP contribution in [0.4, 0.5) is 0 Å². The van der Waals surface area contributed by atoms with Crippen LogP contribution >= 0.6 is 0 Å². The Morgan fingerprint density at radius 2 is 1.31 bits per heavy atom. The summed E-state index contributed by atoms with van der Waals surface area (Å²) in [5.41, 5.74) is 0. The molecule has 0 bridgehead atoms. The summed E-state index contributed by atoms with van der Waals surface area (Å²) in [5.74, 6) is -0.247. The second-order valence-electron chi connectivity index (χ2n) is 7.07. The summed E-state index contributed by atoms with van der Waals surface area (Å²) in [7, 11) is 0. The van der Waals surface area contributed by atoms with Gasteiger partial charge in [-0.05, 0) is 32.1 Å². The average molecular weight is 377 g/mol. The SMILES string of the molecule is CCC(CO)OC(=O)CCCCCCCC(O)C(O)CCCCCCO. The van der Waals surface area contributed by atoms with E-state index in [0.717, 1.165) is 57.8 Å². The summed E-state index contributed by atoms with van der Waals surface area (Å²) < 4.78 is 5.13. The van der Waals surface area contributed by atoms with E-state index in [1.807, 2.05) is 6.92 Å². The van der Waals surface area contributed by atoms with Crippen LogP contribution in [0.1, 0.15) is 90.4 Å². The molecule has 6 heteroatoms. The molecule has 0 radical (unpaired) electrons. The summed E-state index contributed by atoms with van der Waals surface area (Å²) >= 11 is 0. The van der Waals surface area contributed by atoms with E-state index >= 15 is 0 Å². The third-order valence-electron chi connectivity index (χ3n) is 4.69. The Balaban J connectivity index is 3.51. The van der Waals surface area contributed by atoms with E-state index in [-0.39, 0.29) is 25.3 Å². The Morgan fingerprint density at radius 1 is 0.808 bits per heavy atom. The van der Waals surface area contributed by atoms with E-state index < -0.39 is 12.2 Å². The molecule has 3 atom stereocenters. The molecule has 0 aromatic rings. The molecule has 0 spiro atoms. The van der Waals surface area contributed by atoms with Crippen molar-refractivity contribution < 1.29 is 30.0 Å². The van der Waals surface area contributed by atoms with Gasteiger partial charge in [0.2, 0.25) is 0 Å². The van der Waals surface area contributed by atoms with Gasteiger partial charge in [-0.25, -0.2) is 0 Å². The van der Waals surface area contributed by atoms with E-state index in [4.69, 9.17) is 14.9 Å². The first kappa shape index (κ1) is 25.3. The van der Waals surface area contributed by atoms with Crippen molar-refractivity contribution in [2.24, 2.45) is 0 Å². The summed E-state index contributed by atoms with van der Waals surface area (Å²) in [4.78, 5) is 11.6. The zero-order valence-electron chi connectivity index (χ0n) is 16.4. The zero-order valence-corrected chi connectivity index (χ0v) is 16.4. The van der Waals surface area contributed by atoms with Crippen LogP contribution in [-0.4, -0.2) is 57.9 Å². The second-order valence-corrected chi connectivity index (χ2v) is 7.07. The highest BCUT2D eigenvalue weighted by Crippen LogP contribution is 2.14. The molecule has 0 heterocycles. The highest BCUT2D eigenvalue weighted by molar-refractivity contribution is 5.69. The number of ether oxygens (including phenoxy) is 1. The number of esters is 1. The molecule has 0 fully saturated rings. The molecule has 0 aromatic carbocycles. The number of aliphatic hydroxyl groups excluding tert-OH is 4. The number of carbonyl (C=O) groups is 1. The zero-order chi connectivity index (χ0) is 19.6. The van der Waals surface area contributed by atoms with Gasteiger partial charge in [0.25, 0.3) is 0 Å². The van der Waals surface area contributed by atoms with Gasteiger partial charge in [0.1, 0.15) is 6.10 Å². The Kier molecular flexibility index (Phi) is 17.2. The molecule has 0 aliphatic heterocycles. The quantitative estimate of drug-likeness (QED) is 0.216. The van der Waals surface area contributed by atoms with Crippen molar-refractivity contribution in [3.8, 4) is 0 Å². The fourth-order valence-electron chi connectivity index (χ4n) is 2.85. The van der Waals surface area contributed by atoms with Crippen molar-refractivity contribution >= 4 is 5.97 Å². The van der Waals surface area contributed by atoms with Crippen LogP contribution in [0.5, 0.6) is 0 Å². The molecule has 0 saturated carbocycles. The lowest BCUT2D eigenvalue weighted by Crippen LogP contribution is -2.25. The lowest BCUT2D eigenvalue weighted by atomic mass is 10.00. The topological polar surface area (TPSA) is 107 Å². The number of unbranched alkanes of at least 4 members (excludes halogenated alkanes) is 7. The summed E-state index contributed by atoms with van der Waals surface area (Å²) in [5, 5.41) is 37.6. The highest BCUT2D eigenvalue weighted by Gasteiger charge is 2.15. The van der Waals surface area contributed by atoms with E-state index in [2.05, 4.69) is 0 Å². The smallest absolute Gasteiger partial charge is 0.306 e. The minimum atomic E-state index is -0.660. The van der Waals surface area contributed by atoms with Gasteiger partial charge in [-0.2, -0.15) is 0 Å². The Bertz CT molecular complexity index is 319. The maximum absolute atomic E-state index is 11.6. The first-order valence-corrected chi connectivity index (χ1v) is 10.3. The molecular formula is C20H40O6. The van der Waals surface area contributed by atoms with E-state index in [0.29, 0.717) is 25.7 Å².